The quantitative estimate of drug-likeness (QED) is 0.619. The molecule has 1 aromatic rings. The van der Waals surface area contributed by atoms with Crippen molar-refractivity contribution in [2.45, 2.75) is 18.2 Å². The summed E-state index contributed by atoms with van der Waals surface area (Å²) in [5.74, 6) is -0.988. The second-order valence-corrected chi connectivity index (χ2v) is 4.13. The number of hydrogen-bond acceptors (Lipinski definition) is 2. The van der Waals surface area contributed by atoms with Crippen LogP contribution in [0.15, 0.2) is 54.6 Å². The van der Waals surface area contributed by atoms with Crippen molar-refractivity contribution in [3.8, 4) is 0 Å². The molecule has 0 spiro atoms. The lowest BCUT2D eigenvalue weighted by molar-refractivity contribution is -0.254. The molecule has 0 amide bonds. The Balaban J connectivity index is 2.64. The van der Waals surface area contributed by atoms with Crippen LogP contribution in [0, 0.1) is 0 Å². The minimum absolute atomic E-state index is 0.0693. The number of ether oxygens (including phenoxy) is 1. The van der Waals surface area contributed by atoms with Crippen LogP contribution in [0.2, 0.25) is 0 Å². The first-order valence-corrected chi connectivity index (χ1v) is 5.59. The molecule has 1 aliphatic heterocycles. The van der Waals surface area contributed by atoms with Gasteiger partial charge in [-0.1, -0.05) is 36.4 Å². The first-order chi connectivity index (χ1) is 8.91. The van der Waals surface area contributed by atoms with Crippen molar-refractivity contribution in [1.82, 2.24) is 0 Å². The lowest BCUT2D eigenvalue weighted by Gasteiger charge is -2.33. The van der Waals surface area contributed by atoms with Crippen molar-refractivity contribution in [3.63, 3.8) is 0 Å². The number of hydrogen-bond donors (Lipinski definition) is 0. The smallest absolute Gasteiger partial charge is 0.436 e. The maximum absolute atomic E-state index is 13.5. The molecule has 1 heterocycles. The zero-order chi connectivity index (χ0) is 14.1. The molecule has 1 aliphatic rings. The summed E-state index contributed by atoms with van der Waals surface area (Å²) in [6, 6.07) is 7.13. The van der Waals surface area contributed by atoms with Crippen molar-refractivity contribution >= 4 is 5.97 Å². The molecule has 0 saturated heterocycles. The number of allylic oxidation sites excluding steroid dienone is 1. The van der Waals surface area contributed by atoms with Gasteiger partial charge in [-0.25, -0.2) is 4.79 Å². The van der Waals surface area contributed by atoms with Gasteiger partial charge in [0.2, 0.25) is 0 Å². The van der Waals surface area contributed by atoms with Gasteiger partial charge in [-0.2, -0.15) is 13.2 Å². The Kier molecular flexibility index (Phi) is 3.22. The van der Waals surface area contributed by atoms with Crippen molar-refractivity contribution in [2.24, 2.45) is 0 Å². The zero-order valence-electron chi connectivity index (χ0n) is 9.91. The van der Waals surface area contributed by atoms with Gasteiger partial charge in [-0.05, 0) is 12.0 Å². The summed E-state index contributed by atoms with van der Waals surface area (Å²) in [4.78, 5) is 11.3. The fraction of sp³-hybridized carbons (Fsp3) is 0.214. The average Bonchev–Trinajstić information content (AvgIpc) is 2.68. The van der Waals surface area contributed by atoms with Crippen LogP contribution in [0.3, 0.4) is 0 Å². The zero-order valence-corrected chi connectivity index (χ0v) is 9.91. The number of rotatable bonds is 3. The Labute approximate surface area is 108 Å². The largest absolute Gasteiger partial charge is 0.437 e. The lowest BCUT2D eigenvalue weighted by Crippen LogP contribution is -2.44. The summed E-state index contributed by atoms with van der Waals surface area (Å²) < 4.78 is 45.1. The highest BCUT2D eigenvalue weighted by atomic mass is 19.4. The van der Waals surface area contributed by atoms with E-state index in [4.69, 9.17) is 0 Å². The molecule has 19 heavy (non-hydrogen) atoms. The molecule has 100 valence electrons. The molecular weight excluding hydrogens is 257 g/mol. The second kappa shape index (κ2) is 4.57. The third-order valence-corrected chi connectivity index (χ3v) is 2.94. The fourth-order valence-electron chi connectivity index (χ4n) is 2.17. The highest BCUT2D eigenvalue weighted by molar-refractivity contribution is 5.87. The van der Waals surface area contributed by atoms with Crippen LogP contribution in [0.25, 0.3) is 0 Å². The molecular formula is C14H11F3O2. The number of halogens is 3. The molecule has 1 unspecified atom stereocenters. The maximum Gasteiger partial charge on any atom is 0.436 e. The van der Waals surface area contributed by atoms with Gasteiger partial charge in [0.05, 0.1) is 0 Å². The number of esters is 1. The molecule has 2 nitrogen and oxygen atoms in total. The number of cyclic esters (lactones) is 1. The number of carbonyl (C=O) groups excluding carboxylic acids is 1. The predicted molar refractivity (Wildman–Crippen MR) is 63.2 cm³/mol. The third kappa shape index (κ3) is 2.05. The van der Waals surface area contributed by atoms with E-state index in [2.05, 4.69) is 11.3 Å². The van der Waals surface area contributed by atoms with Gasteiger partial charge in [-0.15, -0.1) is 6.58 Å². The normalized spacial score (nSPS) is 22.9. The van der Waals surface area contributed by atoms with Crippen molar-refractivity contribution in [2.75, 3.05) is 0 Å². The summed E-state index contributed by atoms with van der Waals surface area (Å²) in [6.07, 6.45) is -2.59. The number of carbonyl (C=O) groups is 1. The third-order valence-electron chi connectivity index (χ3n) is 2.94. The van der Waals surface area contributed by atoms with E-state index < -0.39 is 17.7 Å². The topological polar surface area (TPSA) is 26.3 Å². The van der Waals surface area contributed by atoms with Gasteiger partial charge in [0.1, 0.15) is 0 Å². The van der Waals surface area contributed by atoms with Gasteiger partial charge in [0.15, 0.2) is 0 Å². The van der Waals surface area contributed by atoms with Crippen LogP contribution >= 0.6 is 0 Å². The molecule has 0 aromatic heterocycles. The number of alkyl halides is 3. The van der Waals surface area contributed by atoms with Gasteiger partial charge >= 0.3 is 12.1 Å². The van der Waals surface area contributed by atoms with Gasteiger partial charge in [-0.3, -0.25) is 0 Å². The van der Waals surface area contributed by atoms with Crippen molar-refractivity contribution in [3.05, 3.63) is 60.2 Å². The SMILES string of the molecule is C=CCC1=CC(=O)OC1(c1ccccc1)C(F)(F)F. The first-order valence-electron chi connectivity index (χ1n) is 5.59. The van der Waals surface area contributed by atoms with E-state index in [1.165, 1.54) is 30.3 Å². The minimum Gasteiger partial charge on any atom is -0.437 e. The van der Waals surface area contributed by atoms with Crippen LogP contribution < -0.4 is 0 Å². The molecule has 2 rings (SSSR count). The Morgan fingerprint density at radius 1 is 1.26 bits per heavy atom. The highest BCUT2D eigenvalue weighted by Gasteiger charge is 2.63. The van der Waals surface area contributed by atoms with Crippen LogP contribution in [-0.2, 0) is 15.1 Å². The second-order valence-electron chi connectivity index (χ2n) is 4.13. The summed E-state index contributed by atoms with van der Waals surface area (Å²) in [5.41, 5.74) is -2.95. The van der Waals surface area contributed by atoms with Gasteiger partial charge in [0, 0.05) is 11.6 Å². The Hall–Kier alpha value is -2.04. The Bertz CT molecular complexity index is 531. The van der Waals surface area contributed by atoms with E-state index in [0.29, 0.717) is 0 Å². The van der Waals surface area contributed by atoms with E-state index in [0.717, 1.165) is 6.08 Å². The first kappa shape index (κ1) is 13.4. The van der Waals surface area contributed by atoms with E-state index in [1.54, 1.807) is 6.07 Å². The van der Waals surface area contributed by atoms with Crippen molar-refractivity contribution in [1.29, 1.82) is 0 Å². The average molecular weight is 268 g/mol. The minimum atomic E-state index is -4.73. The Morgan fingerprint density at radius 2 is 1.89 bits per heavy atom. The molecule has 1 atom stereocenters. The monoisotopic (exact) mass is 268 g/mol. The summed E-state index contributed by atoms with van der Waals surface area (Å²) in [6.45, 7) is 3.42. The van der Waals surface area contributed by atoms with Gasteiger partial charge < -0.3 is 4.74 Å². The summed E-state index contributed by atoms with van der Waals surface area (Å²) >= 11 is 0. The predicted octanol–water partition coefficient (Wildman–Crippen LogP) is 3.50. The van der Waals surface area contributed by atoms with E-state index in [1.807, 2.05) is 0 Å². The number of benzene rings is 1. The molecule has 0 N–H and O–H groups in total. The highest BCUT2D eigenvalue weighted by Crippen LogP contribution is 2.51. The molecule has 0 saturated carbocycles. The molecule has 0 aliphatic carbocycles. The summed E-state index contributed by atoms with van der Waals surface area (Å²) in [5, 5.41) is 0. The van der Waals surface area contributed by atoms with E-state index in [9.17, 15) is 18.0 Å². The fourth-order valence-corrected chi connectivity index (χ4v) is 2.17. The molecule has 1 aromatic carbocycles. The van der Waals surface area contributed by atoms with Crippen molar-refractivity contribution < 1.29 is 22.7 Å². The van der Waals surface area contributed by atoms with Crippen LogP contribution in [0.4, 0.5) is 13.2 Å². The molecule has 0 radical (unpaired) electrons. The lowest BCUT2D eigenvalue weighted by atomic mass is 9.84. The molecule has 5 heteroatoms. The maximum atomic E-state index is 13.5. The standard InChI is InChI=1S/C14H11F3O2/c1-2-6-11-9-12(18)19-13(11,14(15,16)17)10-7-4-3-5-8-10/h2-5,7-9H,1,6H2. The molecule has 0 fully saturated rings. The summed E-state index contributed by atoms with van der Waals surface area (Å²) in [7, 11) is 0. The van der Waals surface area contributed by atoms with Crippen LogP contribution in [-0.4, -0.2) is 12.1 Å². The van der Waals surface area contributed by atoms with Crippen LogP contribution in [0.5, 0.6) is 0 Å². The van der Waals surface area contributed by atoms with Crippen LogP contribution in [0.1, 0.15) is 12.0 Å². The van der Waals surface area contributed by atoms with E-state index >= 15 is 0 Å². The molecule has 0 bridgehead atoms. The van der Waals surface area contributed by atoms with E-state index in [-0.39, 0.29) is 17.6 Å². The Morgan fingerprint density at radius 3 is 2.42 bits per heavy atom. The van der Waals surface area contributed by atoms with Gasteiger partial charge in [0.25, 0.3) is 5.60 Å².